The van der Waals surface area contributed by atoms with Crippen molar-refractivity contribution in [3.05, 3.63) is 0 Å². The highest BCUT2D eigenvalue weighted by atomic mass is 16.4. The lowest BCUT2D eigenvalue weighted by molar-refractivity contribution is -0.137. The maximum atomic E-state index is 11.5. The number of carboxylic acid groups (broad SMARTS) is 1. The smallest absolute Gasteiger partial charge is 0.315 e. The van der Waals surface area contributed by atoms with Gasteiger partial charge in [-0.3, -0.25) is 4.79 Å². The number of carbonyl (C=O) groups excluding carboxylic acids is 1. The van der Waals surface area contributed by atoms with E-state index in [0.717, 1.165) is 6.42 Å². The normalized spacial score (nSPS) is 22.6. The molecule has 0 spiro atoms. The molecule has 1 saturated carbocycles. The number of hydrogen-bond donors (Lipinski definition) is 3. The number of nitrogens with one attached hydrogen (secondary N) is 2. The highest BCUT2D eigenvalue weighted by Gasteiger charge is 2.45. The fourth-order valence-corrected chi connectivity index (χ4v) is 1.89. The number of carbonyl (C=O) groups is 2. The lowest BCUT2D eigenvalue weighted by Gasteiger charge is -2.15. The SMILES string of the molecule is CCC(CC(=O)O)NC(=O)NCC1CC1(C)C. The maximum Gasteiger partial charge on any atom is 0.315 e. The molecule has 5 heteroatoms. The van der Waals surface area contributed by atoms with Crippen LogP contribution >= 0.6 is 0 Å². The molecule has 2 unspecified atom stereocenters. The van der Waals surface area contributed by atoms with Crippen LogP contribution in [-0.2, 0) is 4.79 Å². The monoisotopic (exact) mass is 242 g/mol. The van der Waals surface area contributed by atoms with Crippen LogP contribution in [0, 0.1) is 11.3 Å². The van der Waals surface area contributed by atoms with Crippen molar-refractivity contribution < 1.29 is 14.7 Å². The van der Waals surface area contributed by atoms with E-state index in [1.807, 2.05) is 6.92 Å². The van der Waals surface area contributed by atoms with E-state index in [-0.39, 0.29) is 18.5 Å². The van der Waals surface area contributed by atoms with Crippen molar-refractivity contribution in [1.29, 1.82) is 0 Å². The van der Waals surface area contributed by atoms with Crippen molar-refractivity contribution in [2.24, 2.45) is 11.3 Å². The molecule has 0 saturated heterocycles. The Hall–Kier alpha value is -1.26. The molecule has 1 aliphatic rings. The van der Waals surface area contributed by atoms with E-state index in [2.05, 4.69) is 24.5 Å². The van der Waals surface area contributed by atoms with E-state index in [4.69, 9.17) is 5.11 Å². The number of carboxylic acids is 1. The van der Waals surface area contributed by atoms with Crippen LogP contribution in [0.1, 0.15) is 40.0 Å². The maximum absolute atomic E-state index is 11.5. The molecule has 0 aromatic rings. The topological polar surface area (TPSA) is 78.4 Å². The number of rotatable bonds is 6. The zero-order valence-corrected chi connectivity index (χ0v) is 10.7. The predicted molar refractivity (Wildman–Crippen MR) is 64.8 cm³/mol. The van der Waals surface area contributed by atoms with Crippen molar-refractivity contribution in [2.75, 3.05) is 6.54 Å². The Bertz CT molecular complexity index is 302. The molecule has 0 aliphatic heterocycles. The fourth-order valence-electron chi connectivity index (χ4n) is 1.89. The second-order valence-electron chi connectivity index (χ2n) is 5.45. The first-order valence-electron chi connectivity index (χ1n) is 6.11. The third kappa shape index (κ3) is 4.63. The third-order valence-electron chi connectivity index (χ3n) is 3.48. The summed E-state index contributed by atoms with van der Waals surface area (Å²) in [7, 11) is 0. The Kier molecular flexibility index (Phi) is 4.37. The molecule has 1 aliphatic carbocycles. The molecule has 17 heavy (non-hydrogen) atoms. The molecule has 0 aromatic carbocycles. The predicted octanol–water partition coefficient (Wildman–Crippen LogP) is 1.58. The molecule has 1 fully saturated rings. The first kappa shape index (κ1) is 13.8. The number of aliphatic carboxylic acids is 1. The van der Waals surface area contributed by atoms with Crippen molar-refractivity contribution in [2.45, 2.75) is 46.1 Å². The third-order valence-corrected chi connectivity index (χ3v) is 3.48. The van der Waals surface area contributed by atoms with Gasteiger partial charge in [0, 0.05) is 12.6 Å². The Morgan fingerprint density at radius 2 is 2.06 bits per heavy atom. The van der Waals surface area contributed by atoms with Crippen LogP contribution in [0.3, 0.4) is 0 Å². The van der Waals surface area contributed by atoms with Crippen LogP contribution in [0.4, 0.5) is 4.79 Å². The average Bonchev–Trinajstić information content (AvgIpc) is 2.82. The lowest BCUT2D eigenvalue weighted by Crippen LogP contribution is -2.43. The van der Waals surface area contributed by atoms with Gasteiger partial charge in [-0.1, -0.05) is 20.8 Å². The lowest BCUT2D eigenvalue weighted by atomic mass is 10.1. The van der Waals surface area contributed by atoms with Gasteiger partial charge in [0.25, 0.3) is 0 Å². The Balaban J connectivity index is 2.21. The summed E-state index contributed by atoms with van der Waals surface area (Å²) in [6.45, 7) is 6.88. The molecule has 0 aromatic heterocycles. The first-order chi connectivity index (χ1) is 7.85. The summed E-state index contributed by atoms with van der Waals surface area (Å²) in [5.74, 6) is -0.340. The van der Waals surface area contributed by atoms with Crippen LogP contribution < -0.4 is 10.6 Å². The van der Waals surface area contributed by atoms with Crippen LogP contribution in [-0.4, -0.2) is 29.7 Å². The molecule has 3 N–H and O–H groups in total. The highest BCUT2D eigenvalue weighted by molar-refractivity contribution is 5.75. The van der Waals surface area contributed by atoms with Crippen molar-refractivity contribution in [1.82, 2.24) is 10.6 Å². The van der Waals surface area contributed by atoms with Crippen molar-refractivity contribution in [3.63, 3.8) is 0 Å². The first-order valence-corrected chi connectivity index (χ1v) is 6.11. The van der Waals surface area contributed by atoms with Gasteiger partial charge < -0.3 is 15.7 Å². The van der Waals surface area contributed by atoms with E-state index in [9.17, 15) is 9.59 Å². The summed E-state index contributed by atoms with van der Waals surface area (Å²) < 4.78 is 0. The van der Waals surface area contributed by atoms with Gasteiger partial charge in [-0.25, -0.2) is 4.79 Å². The summed E-state index contributed by atoms with van der Waals surface area (Å²) in [6.07, 6.45) is 1.73. The molecule has 2 atom stereocenters. The van der Waals surface area contributed by atoms with Gasteiger partial charge in [0.1, 0.15) is 0 Å². The van der Waals surface area contributed by atoms with E-state index >= 15 is 0 Å². The molecule has 0 radical (unpaired) electrons. The molecule has 5 nitrogen and oxygen atoms in total. The van der Waals surface area contributed by atoms with Crippen molar-refractivity contribution in [3.8, 4) is 0 Å². The number of urea groups is 1. The standard InChI is InChI=1S/C12H22N2O3/c1-4-9(5-10(15)16)14-11(17)13-7-8-6-12(8,2)3/h8-9H,4-7H2,1-3H3,(H,15,16)(H2,13,14,17). The van der Waals surface area contributed by atoms with Gasteiger partial charge in [0.2, 0.25) is 0 Å². The molecule has 98 valence electrons. The van der Waals surface area contributed by atoms with Crippen LogP contribution in [0.5, 0.6) is 0 Å². The van der Waals surface area contributed by atoms with Gasteiger partial charge in [-0.05, 0) is 24.2 Å². The zero-order chi connectivity index (χ0) is 13.1. The second-order valence-corrected chi connectivity index (χ2v) is 5.45. The molecular formula is C12H22N2O3. The van der Waals surface area contributed by atoms with Gasteiger partial charge in [0.05, 0.1) is 6.42 Å². The van der Waals surface area contributed by atoms with E-state index in [1.54, 1.807) is 0 Å². The van der Waals surface area contributed by atoms with E-state index in [1.165, 1.54) is 0 Å². The van der Waals surface area contributed by atoms with Gasteiger partial charge in [-0.2, -0.15) is 0 Å². The summed E-state index contributed by atoms with van der Waals surface area (Å²) in [6, 6.07) is -0.555. The summed E-state index contributed by atoms with van der Waals surface area (Å²) in [5.41, 5.74) is 0.346. The van der Waals surface area contributed by atoms with Crippen molar-refractivity contribution >= 4 is 12.0 Å². The van der Waals surface area contributed by atoms with E-state index < -0.39 is 5.97 Å². The van der Waals surface area contributed by atoms with Gasteiger partial charge in [0.15, 0.2) is 0 Å². The molecule has 0 heterocycles. The quantitative estimate of drug-likeness (QED) is 0.661. The number of hydrogen-bond acceptors (Lipinski definition) is 2. The Morgan fingerprint density at radius 3 is 2.47 bits per heavy atom. The molecule has 0 bridgehead atoms. The largest absolute Gasteiger partial charge is 0.481 e. The molecular weight excluding hydrogens is 220 g/mol. The highest BCUT2D eigenvalue weighted by Crippen LogP contribution is 2.50. The zero-order valence-electron chi connectivity index (χ0n) is 10.7. The summed E-state index contributed by atoms with van der Waals surface area (Å²) >= 11 is 0. The Morgan fingerprint density at radius 1 is 1.47 bits per heavy atom. The second kappa shape index (κ2) is 5.38. The summed E-state index contributed by atoms with van der Waals surface area (Å²) in [5, 5.41) is 14.1. The Labute approximate surface area is 102 Å². The fraction of sp³-hybridized carbons (Fsp3) is 0.833. The van der Waals surface area contributed by atoms with Crippen LogP contribution in [0.25, 0.3) is 0 Å². The van der Waals surface area contributed by atoms with Gasteiger partial charge in [-0.15, -0.1) is 0 Å². The minimum atomic E-state index is -0.888. The van der Waals surface area contributed by atoms with E-state index in [0.29, 0.717) is 24.3 Å². The average molecular weight is 242 g/mol. The molecule has 2 amide bonds. The summed E-state index contributed by atoms with van der Waals surface area (Å²) in [4.78, 5) is 22.1. The molecule has 1 rings (SSSR count). The number of amides is 2. The minimum absolute atomic E-state index is 0.0289. The van der Waals surface area contributed by atoms with Crippen LogP contribution in [0.15, 0.2) is 0 Å². The van der Waals surface area contributed by atoms with Crippen LogP contribution in [0.2, 0.25) is 0 Å². The van der Waals surface area contributed by atoms with Gasteiger partial charge >= 0.3 is 12.0 Å². The minimum Gasteiger partial charge on any atom is -0.481 e.